The Kier molecular flexibility index (Phi) is 4.74. The first-order valence-corrected chi connectivity index (χ1v) is 9.74. The fourth-order valence-electron chi connectivity index (χ4n) is 2.40. The van der Waals surface area contributed by atoms with Crippen LogP contribution in [0, 0.1) is 0 Å². The van der Waals surface area contributed by atoms with E-state index < -0.39 is 6.72 Å². The van der Waals surface area contributed by atoms with E-state index >= 15 is 0 Å². The van der Waals surface area contributed by atoms with Crippen molar-refractivity contribution in [1.29, 1.82) is 0 Å². The predicted molar refractivity (Wildman–Crippen MR) is 93.7 cm³/mol. The molecule has 0 N–H and O–H groups in total. The molecule has 23 heavy (non-hydrogen) atoms. The van der Waals surface area contributed by atoms with Gasteiger partial charge in [0.05, 0.1) is 12.1 Å². The zero-order valence-corrected chi connectivity index (χ0v) is 14.2. The molecule has 0 fully saturated rings. The van der Waals surface area contributed by atoms with E-state index in [0.717, 1.165) is 22.0 Å². The van der Waals surface area contributed by atoms with Crippen molar-refractivity contribution in [2.24, 2.45) is 0 Å². The van der Waals surface area contributed by atoms with Crippen LogP contribution in [0.5, 0.6) is 5.75 Å². The summed E-state index contributed by atoms with van der Waals surface area (Å²) in [4.78, 5) is 16.6. The Labute approximate surface area is 140 Å². The quantitative estimate of drug-likeness (QED) is 0.657. The number of hydrogen-bond acceptors (Lipinski definition) is 5. The van der Waals surface area contributed by atoms with Gasteiger partial charge in [-0.15, -0.1) is 0 Å². The second kappa shape index (κ2) is 6.77. The molecule has 0 aliphatic rings. The Morgan fingerprint density at radius 1 is 1.04 bits per heavy atom. The molecule has 0 radical (unpaired) electrons. The van der Waals surface area contributed by atoms with Gasteiger partial charge in [-0.1, -0.05) is 42.5 Å². The third kappa shape index (κ3) is 3.59. The van der Waals surface area contributed by atoms with Gasteiger partial charge >= 0.3 is 0 Å². The van der Waals surface area contributed by atoms with Crippen molar-refractivity contribution in [3.63, 3.8) is 0 Å². The predicted octanol–water partition coefficient (Wildman–Crippen LogP) is 3.90. The van der Waals surface area contributed by atoms with Gasteiger partial charge in [0.15, 0.2) is 6.72 Å². The van der Waals surface area contributed by atoms with Crippen molar-refractivity contribution in [2.45, 2.75) is 6.92 Å². The summed E-state index contributed by atoms with van der Waals surface area (Å²) in [6.45, 7) is -1.60. The summed E-state index contributed by atoms with van der Waals surface area (Å²) in [5, 5.41) is 1.02. The molecule has 0 aliphatic carbocycles. The van der Waals surface area contributed by atoms with Crippen LogP contribution in [0.25, 0.3) is 22.0 Å². The maximum atomic E-state index is 12.2. The molecule has 1 aromatic heterocycles. The summed E-state index contributed by atoms with van der Waals surface area (Å²) in [5.74, 6) is 0.428. The van der Waals surface area contributed by atoms with E-state index in [2.05, 4.69) is 4.98 Å². The summed E-state index contributed by atoms with van der Waals surface area (Å²) in [7, 11) is 0. The molecular weight excluding hydrogens is 329 g/mol. The van der Waals surface area contributed by atoms with E-state index in [1.807, 2.05) is 42.5 Å². The number of benzene rings is 2. The summed E-state index contributed by atoms with van der Waals surface area (Å²) < 4.78 is 10.5. The average Bonchev–Trinajstić information content (AvgIpc) is 2.54. The zero-order valence-electron chi connectivity index (χ0n) is 12.5. The van der Waals surface area contributed by atoms with Crippen LogP contribution in [0.1, 0.15) is 6.92 Å². The topological polar surface area (TPSA) is 54.4 Å². The second-order valence-electron chi connectivity index (χ2n) is 4.83. The maximum absolute atomic E-state index is 12.2. The van der Waals surface area contributed by atoms with Gasteiger partial charge in [-0.25, -0.2) is 0 Å². The number of hydrogen-bond donors (Lipinski definition) is 0. The highest BCUT2D eigenvalue weighted by atomic mass is 32.5. The molecule has 1 unspecified atom stereocenters. The van der Waals surface area contributed by atoms with Crippen molar-refractivity contribution in [3.05, 3.63) is 60.8 Å². The molecule has 2 aromatic carbocycles. The highest BCUT2D eigenvalue weighted by molar-refractivity contribution is 8.06. The first-order valence-electron chi connectivity index (χ1n) is 7.19. The maximum Gasteiger partial charge on any atom is 0.169 e. The highest BCUT2D eigenvalue weighted by Gasteiger charge is 2.13. The van der Waals surface area contributed by atoms with Gasteiger partial charge < -0.3 is 13.9 Å². The van der Waals surface area contributed by atoms with Crippen molar-refractivity contribution in [2.75, 3.05) is 6.61 Å². The number of fused-ring (bicyclic) bond motifs is 1. The molecule has 0 aliphatic heterocycles. The van der Waals surface area contributed by atoms with Crippen LogP contribution in [0.4, 0.5) is 0 Å². The third-order valence-corrected chi connectivity index (χ3v) is 4.84. The van der Waals surface area contributed by atoms with Gasteiger partial charge in [0.25, 0.3) is 0 Å². The lowest BCUT2D eigenvalue weighted by Crippen LogP contribution is -2.10. The number of aromatic nitrogens is 1. The minimum absolute atomic E-state index is 0.235. The Balaban J connectivity index is 2.12. The van der Waals surface area contributed by atoms with E-state index in [-0.39, 0.29) is 6.61 Å². The Morgan fingerprint density at radius 2 is 1.78 bits per heavy atom. The SMILES string of the molecule is CCOP([O-])(=S)Oc1ccccc1-c1cccc2cccnc12. The van der Waals surface area contributed by atoms with Crippen LogP contribution in [0.15, 0.2) is 60.8 Å². The zero-order chi connectivity index (χ0) is 16.3. The van der Waals surface area contributed by atoms with Crippen LogP contribution in [0.2, 0.25) is 0 Å². The largest absolute Gasteiger partial charge is 0.770 e. The first-order chi connectivity index (χ1) is 11.1. The van der Waals surface area contributed by atoms with Gasteiger partial charge in [-0.3, -0.25) is 4.98 Å². The minimum atomic E-state index is -3.56. The molecule has 1 heterocycles. The smallest absolute Gasteiger partial charge is 0.169 e. The average molecular weight is 344 g/mol. The van der Waals surface area contributed by atoms with E-state index in [9.17, 15) is 4.89 Å². The van der Waals surface area contributed by atoms with Crippen LogP contribution in [-0.2, 0) is 16.3 Å². The molecule has 0 bridgehead atoms. The van der Waals surface area contributed by atoms with Gasteiger partial charge in [0.1, 0.15) is 5.75 Å². The number of para-hydroxylation sites is 2. The van der Waals surface area contributed by atoms with E-state index in [1.54, 1.807) is 25.3 Å². The van der Waals surface area contributed by atoms with Gasteiger partial charge in [-0.05, 0) is 30.9 Å². The first kappa shape index (κ1) is 16.1. The number of rotatable bonds is 5. The Bertz CT molecular complexity index is 879. The lowest BCUT2D eigenvalue weighted by Gasteiger charge is -2.28. The molecule has 118 valence electrons. The normalized spacial score (nSPS) is 13.7. The van der Waals surface area contributed by atoms with Gasteiger partial charge in [0.2, 0.25) is 0 Å². The molecule has 3 rings (SSSR count). The molecule has 0 amide bonds. The standard InChI is InChI=1S/C17H16NO3PS/c1-2-20-22(19,23)21-16-11-4-3-9-14(16)15-10-5-7-13-8-6-12-18-17(13)15/h3-12H,2H2,1H3,(H,19,23)/p-1. The van der Waals surface area contributed by atoms with Gasteiger partial charge in [-0.2, -0.15) is 0 Å². The summed E-state index contributed by atoms with van der Waals surface area (Å²) in [6, 6.07) is 17.1. The van der Waals surface area contributed by atoms with Crippen molar-refractivity contribution in [1.82, 2.24) is 4.98 Å². The molecule has 3 aromatic rings. The lowest BCUT2D eigenvalue weighted by molar-refractivity contribution is -0.198. The number of nitrogens with zero attached hydrogens (tertiary/aromatic N) is 1. The summed E-state index contributed by atoms with van der Waals surface area (Å²) in [5.41, 5.74) is 2.52. The molecule has 4 nitrogen and oxygen atoms in total. The Hall–Kier alpha value is -1.78. The molecule has 0 spiro atoms. The van der Waals surface area contributed by atoms with Crippen LogP contribution in [-0.4, -0.2) is 11.6 Å². The molecule has 1 atom stereocenters. The Morgan fingerprint density at radius 3 is 2.61 bits per heavy atom. The van der Waals surface area contributed by atoms with E-state index in [1.165, 1.54) is 0 Å². The molecule has 0 saturated carbocycles. The summed E-state index contributed by atoms with van der Waals surface area (Å²) in [6.07, 6.45) is 1.74. The minimum Gasteiger partial charge on any atom is -0.770 e. The van der Waals surface area contributed by atoms with Crippen molar-refractivity contribution in [3.8, 4) is 16.9 Å². The van der Waals surface area contributed by atoms with Crippen LogP contribution >= 0.6 is 6.72 Å². The van der Waals surface area contributed by atoms with E-state index in [4.69, 9.17) is 20.9 Å². The highest BCUT2D eigenvalue weighted by Crippen LogP contribution is 2.44. The van der Waals surface area contributed by atoms with Gasteiger partial charge in [0, 0.05) is 22.7 Å². The van der Waals surface area contributed by atoms with Crippen molar-refractivity contribution >= 4 is 29.4 Å². The molecule has 6 heteroatoms. The fraction of sp³-hybridized carbons (Fsp3) is 0.118. The van der Waals surface area contributed by atoms with Crippen LogP contribution in [0.3, 0.4) is 0 Å². The second-order valence-corrected chi connectivity index (χ2v) is 7.51. The van der Waals surface area contributed by atoms with Crippen LogP contribution < -0.4 is 9.42 Å². The fourth-order valence-corrected chi connectivity index (χ4v) is 3.72. The third-order valence-electron chi connectivity index (χ3n) is 3.31. The summed E-state index contributed by atoms with van der Waals surface area (Å²) >= 11 is 4.93. The molecular formula is C17H15NO3PS-. The van der Waals surface area contributed by atoms with Crippen molar-refractivity contribution < 1.29 is 13.9 Å². The number of pyridine rings is 1. The lowest BCUT2D eigenvalue weighted by atomic mass is 10.0. The molecule has 0 saturated heterocycles. The van der Waals surface area contributed by atoms with E-state index in [0.29, 0.717) is 5.75 Å². The monoisotopic (exact) mass is 344 g/mol.